The second-order valence-corrected chi connectivity index (χ2v) is 6.38. The number of nitrogens with zero attached hydrogens (tertiary/aromatic N) is 2. The third-order valence-electron chi connectivity index (χ3n) is 5.23. The molecule has 118 valence electrons. The van der Waals surface area contributed by atoms with E-state index >= 15 is 0 Å². The van der Waals surface area contributed by atoms with E-state index in [1.807, 2.05) is 28.0 Å². The molecule has 3 rings (SSSR count). The van der Waals surface area contributed by atoms with Gasteiger partial charge in [-0.25, -0.2) is 0 Å². The number of aliphatic carboxylic acids is 1. The number of carboxylic acids is 1. The highest BCUT2D eigenvalue weighted by Gasteiger charge is 2.51. The number of amides is 1. The van der Waals surface area contributed by atoms with Gasteiger partial charge in [0.1, 0.15) is 0 Å². The van der Waals surface area contributed by atoms with Crippen LogP contribution >= 0.6 is 0 Å². The lowest BCUT2D eigenvalue weighted by Crippen LogP contribution is -2.57. The molecule has 2 aliphatic rings. The standard InChI is InChI=1S/C17H22N2O3/c1-13(20)19-10-8-17(14-5-3-2-4-6-14)7-9-18(11-15(17)19)12-16(21)22/h2-6,15H,7-12H2,1H3,(H,21,22). The van der Waals surface area contributed by atoms with Crippen LogP contribution in [0.5, 0.6) is 0 Å². The van der Waals surface area contributed by atoms with Gasteiger partial charge in [-0.2, -0.15) is 0 Å². The summed E-state index contributed by atoms with van der Waals surface area (Å²) in [6.07, 6.45) is 1.86. The van der Waals surface area contributed by atoms with Crippen LogP contribution in [-0.2, 0) is 15.0 Å². The SMILES string of the molecule is CC(=O)N1CCC2(c3ccccc3)CCN(CC(=O)O)CC12. The largest absolute Gasteiger partial charge is 0.480 e. The second-order valence-electron chi connectivity index (χ2n) is 6.38. The van der Waals surface area contributed by atoms with Crippen molar-refractivity contribution in [1.82, 2.24) is 9.80 Å². The van der Waals surface area contributed by atoms with Crippen molar-refractivity contribution in [2.75, 3.05) is 26.2 Å². The molecule has 0 aromatic heterocycles. The zero-order chi connectivity index (χ0) is 15.7. The van der Waals surface area contributed by atoms with E-state index in [-0.39, 0.29) is 23.9 Å². The fourth-order valence-electron chi connectivity index (χ4n) is 4.16. The Labute approximate surface area is 130 Å². The van der Waals surface area contributed by atoms with E-state index < -0.39 is 5.97 Å². The zero-order valence-electron chi connectivity index (χ0n) is 12.9. The van der Waals surface area contributed by atoms with Crippen LogP contribution in [0.15, 0.2) is 30.3 Å². The molecule has 1 aromatic rings. The number of carboxylic acid groups (broad SMARTS) is 1. The summed E-state index contributed by atoms with van der Waals surface area (Å²) in [4.78, 5) is 26.9. The molecule has 2 unspecified atom stereocenters. The number of rotatable bonds is 3. The van der Waals surface area contributed by atoms with E-state index in [9.17, 15) is 9.59 Å². The summed E-state index contributed by atoms with van der Waals surface area (Å²) in [5.41, 5.74) is 1.25. The highest BCUT2D eigenvalue weighted by atomic mass is 16.4. The lowest BCUT2D eigenvalue weighted by molar-refractivity contribution is -0.139. The summed E-state index contributed by atoms with van der Waals surface area (Å²) in [5.74, 6) is -0.723. The summed E-state index contributed by atoms with van der Waals surface area (Å²) >= 11 is 0. The fourth-order valence-corrected chi connectivity index (χ4v) is 4.16. The van der Waals surface area contributed by atoms with Crippen LogP contribution in [0, 0.1) is 0 Å². The first-order valence-electron chi connectivity index (χ1n) is 7.80. The van der Waals surface area contributed by atoms with Crippen molar-refractivity contribution in [2.24, 2.45) is 0 Å². The summed E-state index contributed by atoms with van der Waals surface area (Å²) in [6, 6.07) is 10.4. The third-order valence-corrected chi connectivity index (χ3v) is 5.23. The molecule has 0 radical (unpaired) electrons. The Morgan fingerprint density at radius 1 is 1.23 bits per heavy atom. The predicted octanol–water partition coefficient (Wildman–Crippen LogP) is 1.34. The average molecular weight is 302 g/mol. The first-order valence-corrected chi connectivity index (χ1v) is 7.80. The number of hydrogen-bond donors (Lipinski definition) is 1. The minimum Gasteiger partial charge on any atom is -0.480 e. The zero-order valence-corrected chi connectivity index (χ0v) is 12.9. The van der Waals surface area contributed by atoms with Gasteiger partial charge in [0.05, 0.1) is 12.6 Å². The summed E-state index contributed by atoms with van der Waals surface area (Å²) < 4.78 is 0. The Kier molecular flexibility index (Phi) is 3.91. The van der Waals surface area contributed by atoms with Crippen molar-refractivity contribution in [2.45, 2.75) is 31.2 Å². The lowest BCUT2D eigenvalue weighted by atomic mass is 9.69. The van der Waals surface area contributed by atoms with Crippen LogP contribution in [0.2, 0.25) is 0 Å². The number of likely N-dealkylation sites (tertiary alicyclic amines) is 2. The molecule has 5 heteroatoms. The second kappa shape index (κ2) is 5.72. The number of piperidine rings is 1. The summed E-state index contributed by atoms with van der Waals surface area (Å²) in [6.45, 7) is 3.82. The summed E-state index contributed by atoms with van der Waals surface area (Å²) in [7, 11) is 0. The van der Waals surface area contributed by atoms with Crippen molar-refractivity contribution >= 4 is 11.9 Å². The Morgan fingerprint density at radius 3 is 2.55 bits per heavy atom. The molecule has 2 fully saturated rings. The number of hydrogen-bond acceptors (Lipinski definition) is 3. The van der Waals surface area contributed by atoms with Gasteiger partial charge in [0.25, 0.3) is 0 Å². The maximum atomic E-state index is 12.0. The van der Waals surface area contributed by atoms with Gasteiger partial charge >= 0.3 is 5.97 Å². The topological polar surface area (TPSA) is 60.9 Å². The number of carbonyl (C=O) groups excluding carboxylic acids is 1. The average Bonchev–Trinajstić information content (AvgIpc) is 2.88. The Balaban J connectivity index is 1.92. The molecule has 2 aliphatic heterocycles. The van der Waals surface area contributed by atoms with Gasteiger partial charge in [-0.15, -0.1) is 0 Å². The molecule has 2 saturated heterocycles. The van der Waals surface area contributed by atoms with E-state index in [1.54, 1.807) is 6.92 Å². The van der Waals surface area contributed by atoms with Crippen LogP contribution < -0.4 is 0 Å². The molecule has 0 saturated carbocycles. The van der Waals surface area contributed by atoms with Gasteiger partial charge < -0.3 is 10.0 Å². The number of benzene rings is 1. The first kappa shape index (κ1) is 15.0. The van der Waals surface area contributed by atoms with Crippen molar-refractivity contribution in [1.29, 1.82) is 0 Å². The fraction of sp³-hybridized carbons (Fsp3) is 0.529. The van der Waals surface area contributed by atoms with E-state index in [4.69, 9.17) is 5.11 Å². The molecule has 2 atom stereocenters. The quantitative estimate of drug-likeness (QED) is 0.915. The van der Waals surface area contributed by atoms with Crippen molar-refractivity contribution in [3.05, 3.63) is 35.9 Å². The lowest BCUT2D eigenvalue weighted by Gasteiger charge is -2.46. The predicted molar refractivity (Wildman–Crippen MR) is 82.6 cm³/mol. The van der Waals surface area contributed by atoms with Gasteiger partial charge in [0, 0.05) is 25.4 Å². The van der Waals surface area contributed by atoms with Crippen LogP contribution in [0.3, 0.4) is 0 Å². The van der Waals surface area contributed by atoms with Gasteiger partial charge in [-0.1, -0.05) is 30.3 Å². The van der Waals surface area contributed by atoms with Crippen molar-refractivity contribution < 1.29 is 14.7 Å². The van der Waals surface area contributed by atoms with Crippen LogP contribution in [0.1, 0.15) is 25.3 Å². The van der Waals surface area contributed by atoms with E-state index in [2.05, 4.69) is 12.1 Å². The van der Waals surface area contributed by atoms with Crippen LogP contribution in [0.4, 0.5) is 0 Å². The molecule has 5 nitrogen and oxygen atoms in total. The normalized spacial score (nSPS) is 28.4. The number of fused-ring (bicyclic) bond motifs is 1. The molecule has 1 aromatic carbocycles. The highest BCUT2D eigenvalue weighted by Crippen LogP contribution is 2.45. The maximum absolute atomic E-state index is 12.0. The number of carbonyl (C=O) groups is 2. The Bertz CT molecular complexity index is 575. The Hall–Kier alpha value is -1.88. The maximum Gasteiger partial charge on any atom is 0.317 e. The Morgan fingerprint density at radius 2 is 1.91 bits per heavy atom. The van der Waals surface area contributed by atoms with Crippen molar-refractivity contribution in [3.8, 4) is 0 Å². The van der Waals surface area contributed by atoms with E-state index in [1.165, 1.54) is 5.56 Å². The highest BCUT2D eigenvalue weighted by molar-refractivity contribution is 5.74. The summed E-state index contributed by atoms with van der Waals surface area (Å²) in [5, 5.41) is 9.04. The van der Waals surface area contributed by atoms with Crippen LogP contribution in [-0.4, -0.2) is 59.0 Å². The molecule has 1 amide bonds. The van der Waals surface area contributed by atoms with E-state index in [0.717, 1.165) is 25.9 Å². The molecular formula is C17H22N2O3. The van der Waals surface area contributed by atoms with Gasteiger partial charge in [-0.05, 0) is 24.9 Å². The monoisotopic (exact) mass is 302 g/mol. The van der Waals surface area contributed by atoms with Crippen molar-refractivity contribution in [3.63, 3.8) is 0 Å². The molecule has 0 bridgehead atoms. The van der Waals surface area contributed by atoms with Crippen LogP contribution in [0.25, 0.3) is 0 Å². The van der Waals surface area contributed by atoms with Gasteiger partial charge in [0.15, 0.2) is 0 Å². The molecule has 22 heavy (non-hydrogen) atoms. The molecule has 0 spiro atoms. The van der Waals surface area contributed by atoms with E-state index in [0.29, 0.717) is 6.54 Å². The molecule has 2 heterocycles. The van der Waals surface area contributed by atoms with Gasteiger partial charge in [0.2, 0.25) is 5.91 Å². The smallest absolute Gasteiger partial charge is 0.317 e. The molecule has 0 aliphatic carbocycles. The molecule has 1 N–H and O–H groups in total. The third kappa shape index (κ3) is 2.50. The van der Waals surface area contributed by atoms with Gasteiger partial charge in [-0.3, -0.25) is 14.5 Å². The first-order chi connectivity index (χ1) is 10.5. The minimum absolute atomic E-state index is 0.0259. The molecular weight excluding hydrogens is 280 g/mol. The minimum atomic E-state index is -0.806.